The van der Waals surface area contributed by atoms with E-state index in [1.54, 1.807) is 0 Å². The molecule has 0 N–H and O–H groups in total. The van der Waals surface area contributed by atoms with E-state index in [1.807, 2.05) is 12.2 Å². The zero-order valence-corrected chi connectivity index (χ0v) is 8.98. The molecule has 0 amide bonds. The first-order valence-electron chi connectivity index (χ1n) is 5.09. The SMILES string of the molecule is C=C1C=CC(C)/C=C\C(C)/C=C\C=C/1. The van der Waals surface area contributed by atoms with Crippen LogP contribution in [-0.4, -0.2) is 0 Å². The number of hydrogen-bond acceptors (Lipinski definition) is 0. The predicted molar refractivity (Wildman–Crippen MR) is 64.0 cm³/mol. The first kappa shape index (κ1) is 10.8. The molecule has 0 heterocycles. The molecule has 0 radical (unpaired) electrons. The lowest BCUT2D eigenvalue weighted by Crippen LogP contribution is -1.86. The molecule has 74 valence electrons. The van der Waals surface area contributed by atoms with E-state index >= 15 is 0 Å². The monoisotopic (exact) mass is 186 g/mol. The molecule has 2 atom stereocenters. The first-order chi connectivity index (χ1) is 6.68. The van der Waals surface area contributed by atoms with Gasteiger partial charge in [0.15, 0.2) is 0 Å². The van der Waals surface area contributed by atoms with E-state index in [9.17, 15) is 0 Å². The third-order valence-corrected chi connectivity index (χ3v) is 2.17. The van der Waals surface area contributed by atoms with Gasteiger partial charge in [0.1, 0.15) is 0 Å². The molecule has 0 aliphatic heterocycles. The van der Waals surface area contributed by atoms with Gasteiger partial charge in [0.2, 0.25) is 0 Å². The van der Waals surface area contributed by atoms with E-state index in [0.29, 0.717) is 11.8 Å². The summed E-state index contributed by atoms with van der Waals surface area (Å²) in [7, 11) is 0. The van der Waals surface area contributed by atoms with Crippen molar-refractivity contribution >= 4 is 0 Å². The van der Waals surface area contributed by atoms with Crippen LogP contribution in [-0.2, 0) is 0 Å². The van der Waals surface area contributed by atoms with Crippen molar-refractivity contribution in [1.29, 1.82) is 0 Å². The summed E-state index contributed by atoms with van der Waals surface area (Å²) in [5, 5.41) is 0. The molecule has 2 unspecified atom stereocenters. The molecule has 0 spiro atoms. The topological polar surface area (TPSA) is 0 Å². The zero-order valence-electron chi connectivity index (χ0n) is 8.98. The molecule has 1 rings (SSSR count). The average Bonchev–Trinajstić information content (AvgIpc) is 2.19. The van der Waals surface area contributed by atoms with E-state index in [4.69, 9.17) is 0 Å². The van der Waals surface area contributed by atoms with Crippen LogP contribution in [0.5, 0.6) is 0 Å². The highest BCUT2D eigenvalue weighted by Gasteiger charge is 1.93. The normalized spacial score (nSPS) is 34.6. The van der Waals surface area contributed by atoms with Crippen LogP contribution in [0.25, 0.3) is 0 Å². The van der Waals surface area contributed by atoms with Crippen LogP contribution in [0.2, 0.25) is 0 Å². The van der Waals surface area contributed by atoms with E-state index < -0.39 is 0 Å². The quantitative estimate of drug-likeness (QED) is 0.501. The average molecular weight is 186 g/mol. The summed E-state index contributed by atoms with van der Waals surface area (Å²) in [6, 6.07) is 0. The minimum Gasteiger partial charge on any atom is -0.0918 e. The van der Waals surface area contributed by atoms with E-state index in [1.165, 1.54) is 0 Å². The summed E-state index contributed by atoms with van der Waals surface area (Å²) >= 11 is 0. The third kappa shape index (κ3) is 4.08. The van der Waals surface area contributed by atoms with Gasteiger partial charge in [-0.05, 0) is 17.4 Å². The fourth-order valence-electron chi connectivity index (χ4n) is 1.23. The number of hydrogen-bond donors (Lipinski definition) is 0. The zero-order chi connectivity index (χ0) is 10.4. The van der Waals surface area contributed by atoms with Gasteiger partial charge in [-0.2, -0.15) is 0 Å². The van der Waals surface area contributed by atoms with Crippen molar-refractivity contribution in [2.24, 2.45) is 11.8 Å². The summed E-state index contributed by atoms with van der Waals surface area (Å²) in [5.41, 5.74) is 1.05. The summed E-state index contributed by atoms with van der Waals surface area (Å²) in [5.74, 6) is 0.982. The maximum absolute atomic E-state index is 3.94. The second kappa shape index (κ2) is 5.43. The van der Waals surface area contributed by atoms with E-state index in [2.05, 4.69) is 56.9 Å². The van der Waals surface area contributed by atoms with Crippen molar-refractivity contribution < 1.29 is 0 Å². The Bertz CT molecular complexity index is 300. The summed E-state index contributed by atoms with van der Waals surface area (Å²) < 4.78 is 0. The minimum atomic E-state index is 0.481. The molecule has 0 bridgehead atoms. The first-order valence-corrected chi connectivity index (χ1v) is 5.09. The molecular weight excluding hydrogens is 168 g/mol. The highest BCUT2D eigenvalue weighted by molar-refractivity contribution is 5.30. The molecule has 0 saturated heterocycles. The van der Waals surface area contributed by atoms with Crippen LogP contribution < -0.4 is 0 Å². The lowest BCUT2D eigenvalue weighted by molar-refractivity contribution is 0.882. The Balaban J connectivity index is 2.84. The van der Waals surface area contributed by atoms with Crippen LogP contribution in [0.4, 0.5) is 0 Å². The van der Waals surface area contributed by atoms with Crippen LogP contribution in [0.15, 0.2) is 60.8 Å². The summed E-state index contributed by atoms with van der Waals surface area (Å²) in [6.45, 7) is 8.30. The summed E-state index contributed by atoms with van der Waals surface area (Å²) in [6.07, 6.45) is 17.0. The van der Waals surface area contributed by atoms with E-state index in [-0.39, 0.29) is 0 Å². The Kier molecular flexibility index (Phi) is 4.18. The standard InChI is InChI=1S/C14H18/c1-12-6-4-5-7-13(2)9-11-14(3)10-8-12/h4-11,13-14H,1H2,2-3H3/b6-4-,7-5-,10-8?,11-9-. The van der Waals surface area contributed by atoms with Gasteiger partial charge in [0.25, 0.3) is 0 Å². The Labute approximate surface area is 87.0 Å². The Morgan fingerprint density at radius 2 is 1.50 bits per heavy atom. The molecule has 0 saturated carbocycles. The molecule has 1 aliphatic carbocycles. The Morgan fingerprint density at radius 1 is 0.857 bits per heavy atom. The van der Waals surface area contributed by atoms with Crippen molar-refractivity contribution in [3.05, 3.63) is 60.8 Å². The van der Waals surface area contributed by atoms with Crippen LogP contribution in [0.3, 0.4) is 0 Å². The maximum atomic E-state index is 3.94. The fourth-order valence-corrected chi connectivity index (χ4v) is 1.23. The van der Waals surface area contributed by atoms with Crippen molar-refractivity contribution in [3.63, 3.8) is 0 Å². The molecule has 1 aliphatic rings. The number of rotatable bonds is 0. The maximum Gasteiger partial charge on any atom is -0.00783 e. The minimum absolute atomic E-state index is 0.481. The Hall–Kier alpha value is -1.30. The van der Waals surface area contributed by atoms with Gasteiger partial charge in [-0.15, -0.1) is 0 Å². The van der Waals surface area contributed by atoms with Crippen molar-refractivity contribution in [1.82, 2.24) is 0 Å². The molecule has 0 aromatic rings. The smallest absolute Gasteiger partial charge is 0.00783 e. The fraction of sp³-hybridized carbons (Fsp3) is 0.286. The molecule has 0 aromatic heterocycles. The van der Waals surface area contributed by atoms with Crippen molar-refractivity contribution in [2.45, 2.75) is 13.8 Å². The van der Waals surface area contributed by atoms with Crippen molar-refractivity contribution in [3.8, 4) is 0 Å². The second-order valence-corrected chi connectivity index (χ2v) is 3.78. The highest BCUT2D eigenvalue weighted by atomic mass is 14.0. The Morgan fingerprint density at radius 3 is 2.21 bits per heavy atom. The molecule has 0 aromatic carbocycles. The lowest BCUT2D eigenvalue weighted by atomic mass is 10.1. The third-order valence-electron chi connectivity index (χ3n) is 2.17. The van der Waals surface area contributed by atoms with Gasteiger partial charge in [0.05, 0.1) is 0 Å². The second-order valence-electron chi connectivity index (χ2n) is 3.78. The van der Waals surface area contributed by atoms with Crippen LogP contribution in [0.1, 0.15) is 13.8 Å². The largest absolute Gasteiger partial charge is 0.0918 e. The molecular formula is C14H18. The lowest BCUT2D eigenvalue weighted by Gasteiger charge is -2.00. The van der Waals surface area contributed by atoms with Gasteiger partial charge < -0.3 is 0 Å². The van der Waals surface area contributed by atoms with Gasteiger partial charge in [-0.25, -0.2) is 0 Å². The molecule has 14 heavy (non-hydrogen) atoms. The molecule has 0 fully saturated rings. The van der Waals surface area contributed by atoms with Crippen LogP contribution in [0, 0.1) is 11.8 Å². The van der Waals surface area contributed by atoms with Crippen molar-refractivity contribution in [2.75, 3.05) is 0 Å². The van der Waals surface area contributed by atoms with Gasteiger partial charge in [-0.1, -0.05) is 69.0 Å². The highest BCUT2D eigenvalue weighted by Crippen LogP contribution is 2.09. The number of allylic oxidation sites excluding steroid dienone is 9. The predicted octanol–water partition coefficient (Wildman–Crippen LogP) is 4.05. The van der Waals surface area contributed by atoms with Gasteiger partial charge in [-0.3, -0.25) is 0 Å². The van der Waals surface area contributed by atoms with Gasteiger partial charge in [0, 0.05) is 0 Å². The molecule has 0 heteroatoms. The summed E-state index contributed by atoms with van der Waals surface area (Å²) in [4.78, 5) is 0. The van der Waals surface area contributed by atoms with Crippen LogP contribution >= 0.6 is 0 Å². The molecule has 0 nitrogen and oxygen atoms in total. The van der Waals surface area contributed by atoms with Gasteiger partial charge >= 0.3 is 0 Å². The van der Waals surface area contributed by atoms with E-state index in [0.717, 1.165) is 5.57 Å².